The minimum Gasteiger partial charge on any atom is -0.497 e. The number of rotatable bonds is 7. The number of benzene rings is 2. The lowest BCUT2D eigenvalue weighted by Crippen LogP contribution is -2.05. The van der Waals surface area contributed by atoms with Gasteiger partial charge in [0.1, 0.15) is 11.5 Å². The maximum Gasteiger partial charge on any atom is 0.119 e. The molecule has 0 saturated heterocycles. The third kappa shape index (κ3) is 4.75. The van der Waals surface area contributed by atoms with Gasteiger partial charge in [0.2, 0.25) is 0 Å². The minimum absolute atomic E-state index is 0.144. The van der Waals surface area contributed by atoms with E-state index in [-0.39, 0.29) is 5.92 Å². The predicted molar refractivity (Wildman–Crippen MR) is 92.0 cm³/mol. The fraction of sp³-hybridized carbons (Fsp3) is 0.350. The topological polar surface area (TPSA) is 42.2 Å². The lowest BCUT2D eigenvalue weighted by Gasteiger charge is -2.12. The van der Waals surface area contributed by atoms with Gasteiger partial charge in [-0.2, -0.15) is 5.26 Å². The first-order valence-corrected chi connectivity index (χ1v) is 7.90. The monoisotopic (exact) mass is 309 g/mol. The Labute approximate surface area is 138 Å². The van der Waals surface area contributed by atoms with E-state index in [9.17, 15) is 5.26 Å². The highest BCUT2D eigenvalue weighted by atomic mass is 16.5. The fourth-order valence-electron chi connectivity index (χ4n) is 2.39. The molecule has 2 aromatic rings. The van der Waals surface area contributed by atoms with E-state index in [1.165, 1.54) is 5.56 Å². The molecule has 3 heteroatoms. The van der Waals surface area contributed by atoms with E-state index in [1.54, 1.807) is 7.11 Å². The minimum atomic E-state index is -0.144. The molecule has 120 valence electrons. The molecule has 0 radical (unpaired) electrons. The third-order valence-corrected chi connectivity index (χ3v) is 3.90. The van der Waals surface area contributed by atoms with Gasteiger partial charge in [0.15, 0.2) is 0 Å². The summed E-state index contributed by atoms with van der Waals surface area (Å²) in [5.74, 6) is 1.95. The average molecular weight is 309 g/mol. The van der Waals surface area contributed by atoms with Gasteiger partial charge in [0.05, 0.1) is 25.7 Å². The molecular formula is C20H23NO2. The van der Waals surface area contributed by atoms with Crippen molar-refractivity contribution in [2.45, 2.75) is 32.1 Å². The Bertz CT molecular complexity index is 639. The molecule has 0 bridgehead atoms. The zero-order valence-corrected chi connectivity index (χ0v) is 14.0. The molecule has 0 aromatic heterocycles. The van der Waals surface area contributed by atoms with Crippen molar-refractivity contribution in [1.82, 2.24) is 0 Å². The molecule has 0 amide bonds. The largest absolute Gasteiger partial charge is 0.497 e. The summed E-state index contributed by atoms with van der Waals surface area (Å²) in [6.45, 7) is 4.84. The van der Waals surface area contributed by atoms with Crippen molar-refractivity contribution in [2.24, 2.45) is 0 Å². The first-order valence-electron chi connectivity index (χ1n) is 7.90. The van der Waals surface area contributed by atoms with Crippen LogP contribution in [0.5, 0.6) is 11.5 Å². The van der Waals surface area contributed by atoms with Crippen LogP contribution in [0.3, 0.4) is 0 Å². The molecule has 0 N–H and O–H groups in total. The van der Waals surface area contributed by atoms with E-state index in [0.717, 1.165) is 17.1 Å². The Hall–Kier alpha value is -2.47. The molecule has 2 rings (SSSR count). The van der Waals surface area contributed by atoms with Crippen LogP contribution in [0.1, 0.15) is 43.2 Å². The summed E-state index contributed by atoms with van der Waals surface area (Å²) in [7, 11) is 1.64. The van der Waals surface area contributed by atoms with Crippen LogP contribution in [0.25, 0.3) is 0 Å². The second-order valence-corrected chi connectivity index (χ2v) is 5.82. The van der Waals surface area contributed by atoms with Crippen LogP contribution in [0.2, 0.25) is 0 Å². The number of hydrogen-bond acceptors (Lipinski definition) is 3. The molecular weight excluding hydrogens is 286 g/mol. The standard InChI is InChI=1S/C20H23NO2/c1-15(2)16-4-6-17(7-5-16)18(14-21)12-13-23-20-10-8-19(22-3)9-11-20/h4-11,15,18H,12-13H2,1-3H3. The van der Waals surface area contributed by atoms with Gasteiger partial charge in [-0.3, -0.25) is 0 Å². The number of hydrogen-bond donors (Lipinski definition) is 0. The van der Waals surface area contributed by atoms with Crippen molar-refractivity contribution in [3.8, 4) is 17.6 Å². The van der Waals surface area contributed by atoms with Gasteiger partial charge in [-0.25, -0.2) is 0 Å². The number of nitrogens with zero attached hydrogens (tertiary/aromatic N) is 1. The van der Waals surface area contributed by atoms with Crippen LogP contribution >= 0.6 is 0 Å². The molecule has 1 atom stereocenters. The van der Waals surface area contributed by atoms with Gasteiger partial charge in [0, 0.05) is 6.42 Å². The maximum absolute atomic E-state index is 9.40. The molecule has 0 aliphatic heterocycles. The zero-order valence-electron chi connectivity index (χ0n) is 14.0. The summed E-state index contributed by atoms with van der Waals surface area (Å²) in [4.78, 5) is 0. The van der Waals surface area contributed by atoms with Crippen molar-refractivity contribution < 1.29 is 9.47 Å². The van der Waals surface area contributed by atoms with E-state index in [4.69, 9.17) is 9.47 Å². The smallest absolute Gasteiger partial charge is 0.119 e. The predicted octanol–water partition coefficient (Wildman–Crippen LogP) is 4.89. The zero-order chi connectivity index (χ0) is 16.7. The SMILES string of the molecule is COc1ccc(OCCC(C#N)c2ccc(C(C)C)cc2)cc1. The van der Waals surface area contributed by atoms with Gasteiger partial charge in [0.25, 0.3) is 0 Å². The second-order valence-electron chi connectivity index (χ2n) is 5.82. The number of ether oxygens (including phenoxy) is 2. The van der Waals surface area contributed by atoms with Crippen molar-refractivity contribution in [3.05, 3.63) is 59.7 Å². The highest BCUT2D eigenvalue weighted by molar-refractivity contribution is 5.32. The summed E-state index contributed by atoms with van der Waals surface area (Å²) < 4.78 is 10.8. The highest BCUT2D eigenvalue weighted by Gasteiger charge is 2.11. The van der Waals surface area contributed by atoms with Crippen LogP contribution in [0, 0.1) is 11.3 Å². The first kappa shape index (κ1) is 16.9. The summed E-state index contributed by atoms with van der Waals surface area (Å²) in [6, 6.07) is 18.2. The average Bonchev–Trinajstić information content (AvgIpc) is 2.59. The summed E-state index contributed by atoms with van der Waals surface area (Å²) >= 11 is 0. The molecule has 3 nitrogen and oxygen atoms in total. The Kier molecular flexibility index (Phi) is 6.05. The van der Waals surface area contributed by atoms with Gasteiger partial charge in [-0.15, -0.1) is 0 Å². The van der Waals surface area contributed by atoms with Crippen molar-refractivity contribution in [1.29, 1.82) is 5.26 Å². The number of nitriles is 1. The summed E-state index contributed by atoms with van der Waals surface area (Å²) in [5.41, 5.74) is 2.34. The van der Waals surface area contributed by atoms with Gasteiger partial charge in [-0.05, 0) is 41.3 Å². The molecule has 0 aliphatic carbocycles. The molecule has 1 unspecified atom stereocenters. The molecule has 0 spiro atoms. The van der Waals surface area contributed by atoms with E-state index in [1.807, 2.05) is 24.3 Å². The Balaban J connectivity index is 1.90. The van der Waals surface area contributed by atoms with Crippen LogP contribution < -0.4 is 9.47 Å². The maximum atomic E-state index is 9.40. The van der Waals surface area contributed by atoms with Crippen LogP contribution in [-0.4, -0.2) is 13.7 Å². The van der Waals surface area contributed by atoms with Gasteiger partial charge < -0.3 is 9.47 Å². The van der Waals surface area contributed by atoms with Crippen molar-refractivity contribution in [2.75, 3.05) is 13.7 Å². The van der Waals surface area contributed by atoms with Crippen molar-refractivity contribution >= 4 is 0 Å². The lowest BCUT2D eigenvalue weighted by atomic mass is 9.94. The fourth-order valence-corrected chi connectivity index (χ4v) is 2.39. The van der Waals surface area contributed by atoms with Crippen molar-refractivity contribution in [3.63, 3.8) is 0 Å². The van der Waals surface area contributed by atoms with E-state index in [0.29, 0.717) is 18.9 Å². The molecule has 0 fully saturated rings. The lowest BCUT2D eigenvalue weighted by molar-refractivity contribution is 0.305. The Morgan fingerprint density at radius 1 is 0.913 bits per heavy atom. The van der Waals surface area contributed by atoms with Crippen LogP contribution in [0.15, 0.2) is 48.5 Å². The molecule has 23 heavy (non-hydrogen) atoms. The Morgan fingerprint density at radius 3 is 2.00 bits per heavy atom. The van der Waals surface area contributed by atoms with Gasteiger partial charge >= 0.3 is 0 Å². The summed E-state index contributed by atoms with van der Waals surface area (Å²) in [5, 5.41) is 9.40. The molecule has 0 heterocycles. The quantitative estimate of drug-likeness (QED) is 0.731. The van der Waals surface area contributed by atoms with Crippen LogP contribution in [0.4, 0.5) is 0 Å². The summed E-state index contributed by atoms with van der Waals surface area (Å²) in [6.07, 6.45) is 0.670. The van der Waals surface area contributed by atoms with E-state index < -0.39 is 0 Å². The van der Waals surface area contributed by atoms with E-state index >= 15 is 0 Å². The normalized spacial score (nSPS) is 11.8. The van der Waals surface area contributed by atoms with E-state index in [2.05, 4.69) is 44.2 Å². The molecule has 0 saturated carbocycles. The molecule has 2 aromatic carbocycles. The molecule has 0 aliphatic rings. The highest BCUT2D eigenvalue weighted by Crippen LogP contribution is 2.23. The first-order chi connectivity index (χ1) is 11.1. The van der Waals surface area contributed by atoms with Gasteiger partial charge in [-0.1, -0.05) is 38.1 Å². The Morgan fingerprint density at radius 2 is 1.48 bits per heavy atom. The third-order valence-electron chi connectivity index (χ3n) is 3.90. The second kappa shape index (κ2) is 8.24. The number of methoxy groups -OCH3 is 1. The van der Waals surface area contributed by atoms with Crippen LogP contribution in [-0.2, 0) is 0 Å².